The molecule has 1 heterocycles. The molecule has 1 fully saturated rings. The highest BCUT2D eigenvalue weighted by Crippen LogP contribution is 2.31. The Morgan fingerprint density at radius 1 is 1.16 bits per heavy atom. The van der Waals surface area contributed by atoms with Gasteiger partial charge < -0.3 is 5.32 Å². The van der Waals surface area contributed by atoms with Crippen molar-refractivity contribution in [1.29, 1.82) is 0 Å². The second-order valence-electron chi connectivity index (χ2n) is 8.34. The van der Waals surface area contributed by atoms with Gasteiger partial charge in [-0.15, -0.1) is 0 Å². The second-order valence-corrected chi connectivity index (χ2v) is 11.1. The van der Waals surface area contributed by atoms with E-state index in [1.165, 1.54) is 4.31 Å². The number of sulfonamides is 1. The average Bonchev–Trinajstić information content (AvgIpc) is 2.72. The molecule has 168 valence electrons. The van der Waals surface area contributed by atoms with Crippen molar-refractivity contribution in [3.63, 3.8) is 0 Å². The largest absolute Gasteiger partial charge is 0.325 e. The molecule has 0 aromatic heterocycles. The van der Waals surface area contributed by atoms with Crippen LogP contribution in [0.15, 0.2) is 36.4 Å². The van der Waals surface area contributed by atoms with Gasteiger partial charge in [-0.25, -0.2) is 12.7 Å². The van der Waals surface area contributed by atoms with Gasteiger partial charge in [-0.3, -0.25) is 4.79 Å². The van der Waals surface area contributed by atoms with Crippen LogP contribution in [0.25, 0.3) is 0 Å². The van der Waals surface area contributed by atoms with Crippen molar-refractivity contribution < 1.29 is 13.2 Å². The first kappa shape index (κ1) is 24.1. The van der Waals surface area contributed by atoms with Crippen LogP contribution >= 0.6 is 23.2 Å². The highest BCUT2D eigenvalue weighted by molar-refractivity contribution is 7.88. The second kappa shape index (κ2) is 9.90. The predicted molar refractivity (Wildman–Crippen MR) is 127 cm³/mol. The number of benzene rings is 2. The summed E-state index contributed by atoms with van der Waals surface area (Å²) < 4.78 is 27.5. The molecule has 1 unspecified atom stereocenters. The van der Waals surface area contributed by atoms with Crippen LogP contribution in [-0.2, 0) is 20.6 Å². The highest BCUT2D eigenvalue weighted by atomic mass is 35.5. The summed E-state index contributed by atoms with van der Waals surface area (Å²) in [7, 11) is -3.67. The quantitative estimate of drug-likeness (QED) is 0.581. The first-order valence-corrected chi connectivity index (χ1v) is 12.8. The molecule has 8 heteroatoms. The summed E-state index contributed by atoms with van der Waals surface area (Å²) in [5.41, 5.74) is 3.28. The summed E-state index contributed by atoms with van der Waals surface area (Å²) in [6, 6.07) is 10.9. The van der Waals surface area contributed by atoms with E-state index in [1.54, 1.807) is 18.2 Å². The number of halogens is 2. The molecular weight excluding hydrogens is 455 g/mol. The Kier molecular flexibility index (Phi) is 7.68. The van der Waals surface area contributed by atoms with Gasteiger partial charge in [-0.1, -0.05) is 61.3 Å². The molecular formula is C23H28Cl2N2O3S. The smallest absolute Gasteiger partial charge is 0.228 e. The Bertz CT molecular complexity index is 1050. The molecule has 1 saturated heterocycles. The van der Waals surface area contributed by atoms with Crippen LogP contribution in [0, 0.1) is 12.8 Å². The average molecular weight is 483 g/mol. The summed E-state index contributed by atoms with van der Waals surface area (Å²) >= 11 is 12.3. The van der Waals surface area contributed by atoms with E-state index in [2.05, 4.69) is 19.2 Å². The SMILES string of the molecule is Cc1cccc(C(C)C)c1NC(=O)C1CCCN(S(=O)(=O)Cc2c(Cl)cccc2Cl)C1. The number of piperidine rings is 1. The Hall–Kier alpha value is -1.60. The molecule has 0 aliphatic carbocycles. The van der Waals surface area contributed by atoms with E-state index in [4.69, 9.17) is 23.2 Å². The zero-order chi connectivity index (χ0) is 22.8. The minimum Gasteiger partial charge on any atom is -0.325 e. The summed E-state index contributed by atoms with van der Waals surface area (Å²) in [6.45, 7) is 6.67. The molecule has 1 amide bonds. The number of carbonyl (C=O) groups is 1. The van der Waals surface area contributed by atoms with Gasteiger partial charge in [0, 0.05) is 34.4 Å². The monoisotopic (exact) mass is 482 g/mol. The number of amides is 1. The molecule has 0 radical (unpaired) electrons. The van der Waals surface area contributed by atoms with Gasteiger partial charge >= 0.3 is 0 Å². The maximum atomic E-state index is 13.1. The zero-order valence-corrected chi connectivity index (χ0v) is 20.3. The van der Waals surface area contributed by atoms with Crippen LogP contribution in [0.4, 0.5) is 5.69 Å². The van der Waals surface area contributed by atoms with Crippen molar-refractivity contribution in [1.82, 2.24) is 4.31 Å². The molecule has 1 aliphatic heterocycles. The van der Waals surface area contributed by atoms with Gasteiger partial charge in [0.2, 0.25) is 15.9 Å². The van der Waals surface area contributed by atoms with Crippen LogP contribution in [-0.4, -0.2) is 31.7 Å². The van der Waals surface area contributed by atoms with Crippen LogP contribution in [0.5, 0.6) is 0 Å². The van der Waals surface area contributed by atoms with Crippen LogP contribution in [0.1, 0.15) is 49.3 Å². The number of carbonyl (C=O) groups excluding carboxylic acids is 1. The minimum absolute atomic E-state index is 0.146. The Morgan fingerprint density at radius 2 is 1.81 bits per heavy atom. The van der Waals surface area contributed by atoms with E-state index in [0.29, 0.717) is 35.0 Å². The fraction of sp³-hybridized carbons (Fsp3) is 0.435. The van der Waals surface area contributed by atoms with Gasteiger partial charge in [0.1, 0.15) is 0 Å². The first-order chi connectivity index (χ1) is 14.6. The van der Waals surface area contributed by atoms with E-state index >= 15 is 0 Å². The van der Waals surface area contributed by atoms with Gasteiger partial charge in [-0.05, 0) is 48.9 Å². The molecule has 1 aliphatic rings. The number of nitrogens with zero attached hydrogens (tertiary/aromatic N) is 1. The van der Waals surface area contributed by atoms with Gasteiger partial charge in [-0.2, -0.15) is 0 Å². The summed E-state index contributed by atoms with van der Waals surface area (Å²) in [5.74, 6) is -0.578. The molecule has 31 heavy (non-hydrogen) atoms. The lowest BCUT2D eigenvalue weighted by molar-refractivity contribution is -0.120. The number of para-hydroxylation sites is 1. The van der Waals surface area contributed by atoms with Crippen LogP contribution in [0.3, 0.4) is 0 Å². The van der Waals surface area contributed by atoms with Crippen molar-refractivity contribution in [2.75, 3.05) is 18.4 Å². The first-order valence-electron chi connectivity index (χ1n) is 10.4. The van der Waals surface area contributed by atoms with Gasteiger partial charge in [0.15, 0.2) is 0 Å². The number of rotatable bonds is 6. The summed E-state index contributed by atoms with van der Waals surface area (Å²) in [5, 5.41) is 3.71. The maximum absolute atomic E-state index is 13.1. The molecule has 2 aromatic carbocycles. The van der Waals surface area contributed by atoms with Gasteiger partial charge in [0.05, 0.1) is 11.7 Å². The van der Waals surface area contributed by atoms with Crippen LogP contribution < -0.4 is 5.32 Å². The summed E-state index contributed by atoms with van der Waals surface area (Å²) in [4.78, 5) is 13.1. The molecule has 5 nitrogen and oxygen atoms in total. The van der Waals surface area contributed by atoms with Crippen molar-refractivity contribution >= 4 is 44.8 Å². The van der Waals surface area contributed by atoms with Crippen molar-refractivity contribution in [3.8, 4) is 0 Å². The lowest BCUT2D eigenvalue weighted by atomic mass is 9.95. The Morgan fingerprint density at radius 3 is 2.45 bits per heavy atom. The number of nitrogens with one attached hydrogen (secondary N) is 1. The molecule has 1 N–H and O–H groups in total. The third-order valence-corrected chi connectivity index (χ3v) is 8.19. The number of anilines is 1. The normalized spacial score (nSPS) is 17.7. The van der Waals surface area contributed by atoms with E-state index in [-0.39, 0.29) is 24.1 Å². The molecule has 0 spiro atoms. The fourth-order valence-corrected chi connectivity index (χ4v) is 6.28. The molecule has 0 saturated carbocycles. The zero-order valence-electron chi connectivity index (χ0n) is 18.0. The Balaban J connectivity index is 1.75. The number of aryl methyl sites for hydroxylation is 1. The van der Waals surface area contributed by atoms with Crippen molar-refractivity contribution in [2.45, 2.75) is 45.3 Å². The molecule has 0 bridgehead atoms. The third-order valence-electron chi connectivity index (χ3n) is 5.71. The van der Waals surface area contributed by atoms with Crippen molar-refractivity contribution in [3.05, 3.63) is 63.1 Å². The minimum atomic E-state index is -3.67. The Labute approximate surface area is 194 Å². The summed E-state index contributed by atoms with van der Waals surface area (Å²) in [6.07, 6.45) is 1.27. The highest BCUT2D eigenvalue weighted by Gasteiger charge is 2.33. The maximum Gasteiger partial charge on any atom is 0.228 e. The van der Waals surface area contributed by atoms with E-state index < -0.39 is 15.9 Å². The lowest BCUT2D eigenvalue weighted by Crippen LogP contribution is -2.44. The topological polar surface area (TPSA) is 66.5 Å². The van der Waals surface area contributed by atoms with Crippen molar-refractivity contribution in [2.24, 2.45) is 5.92 Å². The molecule has 3 rings (SSSR count). The third kappa shape index (κ3) is 5.61. The van der Waals surface area contributed by atoms with Gasteiger partial charge in [0.25, 0.3) is 0 Å². The lowest BCUT2D eigenvalue weighted by Gasteiger charge is -2.31. The standard InChI is InChI=1S/C23H28Cl2N2O3S/c1-15(2)18-9-4-7-16(3)22(18)26-23(28)17-8-6-12-27(13-17)31(29,30)14-19-20(24)10-5-11-21(19)25/h4-5,7,9-11,15,17H,6,8,12-14H2,1-3H3,(H,26,28). The van der Waals surface area contributed by atoms with E-state index in [1.807, 2.05) is 25.1 Å². The van der Waals surface area contributed by atoms with E-state index in [9.17, 15) is 13.2 Å². The van der Waals surface area contributed by atoms with E-state index in [0.717, 1.165) is 16.8 Å². The molecule has 2 aromatic rings. The number of hydrogen-bond donors (Lipinski definition) is 1. The fourth-order valence-electron chi connectivity index (χ4n) is 3.92. The predicted octanol–water partition coefficient (Wildman–Crippen LogP) is 5.61. The molecule has 1 atom stereocenters. The van der Waals surface area contributed by atoms with Crippen LogP contribution in [0.2, 0.25) is 10.0 Å². The number of hydrogen-bond acceptors (Lipinski definition) is 3.